The van der Waals surface area contributed by atoms with Gasteiger partial charge >= 0.3 is 0 Å². The SMILES string of the molecule is CC(C)(C)c1ccc(OCC(=O)NCCc2nc3ccccc3[nH]2)cc1. The van der Waals surface area contributed by atoms with Gasteiger partial charge in [-0.1, -0.05) is 45.0 Å². The molecule has 2 N–H and O–H groups in total. The van der Waals surface area contributed by atoms with E-state index in [9.17, 15) is 4.79 Å². The predicted molar refractivity (Wildman–Crippen MR) is 103 cm³/mol. The molecule has 0 aliphatic rings. The Labute approximate surface area is 153 Å². The van der Waals surface area contributed by atoms with Crippen molar-refractivity contribution in [3.05, 3.63) is 59.9 Å². The maximum absolute atomic E-state index is 11.9. The lowest BCUT2D eigenvalue weighted by molar-refractivity contribution is -0.123. The monoisotopic (exact) mass is 351 g/mol. The van der Waals surface area contributed by atoms with E-state index in [1.807, 2.05) is 48.5 Å². The van der Waals surface area contributed by atoms with Crippen LogP contribution in [-0.4, -0.2) is 29.0 Å². The number of hydrogen-bond acceptors (Lipinski definition) is 3. The molecule has 0 saturated heterocycles. The first-order valence-electron chi connectivity index (χ1n) is 8.85. The Hall–Kier alpha value is -2.82. The number of para-hydroxylation sites is 2. The van der Waals surface area contributed by atoms with Gasteiger partial charge in [-0.15, -0.1) is 0 Å². The molecule has 3 rings (SSSR count). The van der Waals surface area contributed by atoms with E-state index in [4.69, 9.17) is 4.74 Å². The molecule has 0 radical (unpaired) electrons. The lowest BCUT2D eigenvalue weighted by atomic mass is 9.87. The molecule has 1 aromatic heterocycles. The molecule has 136 valence electrons. The zero-order chi connectivity index (χ0) is 18.6. The van der Waals surface area contributed by atoms with Gasteiger partial charge in [0.15, 0.2) is 6.61 Å². The largest absolute Gasteiger partial charge is 0.484 e. The molecule has 0 bridgehead atoms. The Balaban J connectivity index is 1.42. The summed E-state index contributed by atoms with van der Waals surface area (Å²) < 4.78 is 5.55. The molecule has 3 aromatic rings. The van der Waals surface area contributed by atoms with Crippen LogP contribution in [0.2, 0.25) is 0 Å². The van der Waals surface area contributed by atoms with Crippen LogP contribution in [0.5, 0.6) is 5.75 Å². The molecule has 5 heteroatoms. The molecule has 1 amide bonds. The molecule has 0 aliphatic carbocycles. The summed E-state index contributed by atoms with van der Waals surface area (Å²) in [7, 11) is 0. The van der Waals surface area contributed by atoms with Gasteiger partial charge in [-0.3, -0.25) is 4.79 Å². The first-order chi connectivity index (χ1) is 12.4. The second kappa shape index (κ2) is 7.60. The van der Waals surface area contributed by atoms with E-state index in [0.717, 1.165) is 16.9 Å². The Morgan fingerprint density at radius 1 is 1.12 bits per heavy atom. The molecule has 0 spiro atoms. The number of H-pyrrole nitrogens is 1. The van der Waals surface area contributed by atoms with Gasteiger partial charge in [0.05, 0.1) is 11.0 Å². The molecule has 0 unspecified atom stereocenters. The molecule has 5 nitrogen and oxygen atoms in total. The first-order valence-corrected chi connectivity index (χ1v) is 8.85. The molecular weight excluding hydrogens is 326 g/mol. The van der Waals surface area contributed by atoms with Crippen LogP contribution < -0.4 is 10.1 Å². The number of hydrogen-bond donors (Lipinski definition) is 2. The highest BCUT2D eigenvalue weighted by Gasteiger charge is 2.13. The van der Waals surface area contributed by atoms with Gasteiger partial charge in [-0.05, 0) is 35.2 Å². The normalized spacial score (nSPS) is 11.5. The fourth-order valence-electron chi connectivity index (χ4n) is 2.70. The average molecular weight is 351 g/mol. The molecule has 0 fully saturated rings. The minimum atomic E-state index is -0.138. The summed E-state index contributed by atoms with van der Waals surface area (Å²) in [5.74, 6) is 1.43. The van der Waals surface area contributed by atoms with Gasteiger partial charge in [0.2, 0.25) is 0 Å². The topological polar surface area (TPSA) is 67.0 Å². The number of nitrogens with zero attached hydrogens (tertiary/aromatic N) is 1. The summed E-state index contributed by atoms with van der Waals surface area (Å²) >= 11 is 0. The van der Waals surface area contributed by atoms with Crippen LogP contribution in [0.1, 0.15) is 32.2 Å². The van der Waals surface area contributed by atoms with Crippen LogP contribution in [0.3, 0.4) is 0 Å². The van der Waals surface area contributed by atoms with Gasteiger partial charge in [0, 0.05) is 13.0 Å². The minimum Gasteiger partial charge on any atom is -0.484 e. The highest BCUT2D eigenvalue weighted by atomic mass is 16.5. The van der Waals surface area contributed by atoms with E-state index in [2.05, 4.69) is 36.1 Å². The van der Waals surface area contributed by atoms with Crippen molar-refractivity contribution in [1.82, 2.24) is 15.3 Å². The lowest BCUT2D eigenvalue weighted by Crippen LogP contribution is -2.30. The number of benzene rings is 2. The van der Waals surface area contributed by atoms with Crippen LogP contribution in [0.4, 0.5) is 0 Å². The van der Waals surface area contributed by atoms with Crippen molar-refractivity contribution in [3.8, 4) is 5.75 Å². The third-order valence-corrected chi connectivity index (χ3v) is 4.21. The van der Waals surface area contributed by atoms with Crippen LogP contribution in [0.25, 0.3) is 11.0 Å². The summed E-state index contributed by atoms with van der Waals surface area (Å²) in [6.07, 6.45) is 0.653. The van der Waals surface area contributed by atoms with Crippen molar-refractivity contribution in [2.24, 2.45) is 0 Å². The van der Waals surface area contributed by atoms with E-state index >= 15 is 0 Å². The van der Waals surface area contributed by atoms with Crippen molar-refractivity contribution in [1.29, 1.82) is 0 Å². The number of rotatable bonds is 6. The van der Waals surface area contributed by atoms with E-state index in [0.29, 0.717) is 18.7 Å². The van der Waals surface area contributed by atoms with Gasteiger partial charge < -0.3 is 15.0 Å². The van der Waals surface area contributed by atoms with Crippen LogP contribution >= 0.6 is 0 Å². The summed E-state index contributed by atoms with van der Waals surface area (Å²) in [4.78, 5) is 19.7. The van der Waals surface area contributed by atoms with Gasteiger partial charge in [-0.2, -0.15) is 0 Å². The van der Waals surface area contributed by atoms with Crippen LogP contribution in [0.15, 0.2) is 48.5 Å². The van der Waals surface area contributed by atoms with E-state index in [1.54, 1.807) is 0 Å². The molecule has 1 heterocycles. The summed E-state index contributed by atoms with van der Waals surface area (Å²) in [5, 5.41) is 2.86. The first kappa shape index (κ1) is 18.0. The van der Waals surface area contributed by atoms with Crippen LogP contribution in [-0.2, 0) is 16.6 Å². The number of amides is 1. The average Bonchev–Trinajstić information content (AvgIpc) is 3.02. The fraction of sp³-hybridized carbons (Fsp3) is 0.333. The summed E-state index contributed by atoms with van der Waals surface area (Å²) in [6, 6.07) is 15.8. The second-order valence-electron chi connectivity index (χ2n) is 7.36. The standard InChI is InChI=1S/C21H25N3O2/c1-21(2,3)15-8-10-16(11-9-15)26-14-20(25)22-13-12-19-23-17-6-4-5-7-18(17)24-19/h4-11H,12-14H2,1-3H3,(H,22,25)(H,23,24). The molecular formula is C21H25N3O2. The minimum absolute atomic E-state index is 0.00892. The highest BCUT2D eigenvalue weighted by Crippen LogP contribution is 2.24. The summed E-state index contributed by atoms with van der Waals surface area (Å²) in [6.45, 7) is 7.02. The van der Waals surface area contributed by atoms with Crippen molar-refractivity contribution in [2.75, 3.05) is 13.2 Å². The quantitative estimate of drug-likeness (QED) is 0.713. The number of carbonyl (C=O) groups is 1. The van der Waals surface area contributed by atoms with Gasteiger partial charge in [0.25, 0.3) is 5.91 Å². The number of ether oxygens (including phenoxy) is 1. The van der Waals surface area contributed by atoms with E-state index < -0.39 is 0 Å². The highest BCUT2D eigenvalue weighted by molar-refractivity contribution is 5.77. The Morgan fingerprint density at radius 3 is 2.54 bits per heavy atom. The number of aromatic nitrogens is 2. The zero-order valence-electron chi connectivity index (χ0n) is 15.5. The van der Waals surface area contributed by atoms with Gasteiger partial charge in [0.1, 0.15) is 11.6 Å². The lowest BCUT2D eigenvalue weighted by Gasteiger charge is -2.19. The Kier molecular flexibility index (Phi) is 5.26. The third kappa shape index (κ3) is 4.63. The predicted octanol–water partition coefficient (Wildman–Crippen LogP) is 3.60. The zero-order valence-corrected chi connectivity index (χ0v) is 15.5. The number of nitrogens with one attached hydrogen (secondary N) is 2. The second-order valence-corrected chi connectivity index (χ2v) is 7.36. The smallest absolute Gasteiger partial charge is 0.257 e. The molecule has 26 heavy (non-hydrogen) atoms. The number of aromatic amines is 1. The van der Waals surface area contributed by atoms with Crippen LogP contribution in [0, 0.1) is 0 Å². The van der Waals surface area contributed by atoms with E-state index in [-0.39, 0.29) is 17.9 Å². The van der Waals surface area contributed by atoms with Crippen molar-refractivity contribution >= 4 is 16.9 Å². The summed E-state index contributed by atoms with van der Waals surface area (Å²) in [5.41, 5.74) is 3.29. The third-order valence-electron chi connectivity index (χ3n) is 4.21. The Bertz CT molecular complexity index is 843. The van der Waals surface area contributed by atoms with E-state index in [1.165, 1.54) is 5.56 Å². The van der Waals surface area contributed by atoms with Crippen molar-refractivity contribution < 1.29 is 9.53 Å². The molecule has 2 aromatic carbocycles. The molecule has 0 aliphatic heterocycles. The maximum atomic E-state index is 11.9. The number of imidazole rings is 1. The number of fused-ring (bicyclic) bond motifs is 1. The number of carbonyl (C=O) groups excluding carboxylic acids is 1. The maximum Gasteiger partial charge on any atom is 0.257 e. The van der Waals surface area contributed by atoms with Crippen molar-refractivity contribution in [3.63, 3.8) is 0 Å². The molecule has 0 saturated carbocycles. The molecule has 0 atom stereocenters. The Morgan fingerprint density at radius 2 is 1.85 bits per heavy atom. The van der Waals surface area contributed by atoms with Gasteiger partial charge in [-0.25, -0.2) is 4.98 Å². The fourth-order valence-corrected chi connectivity index (χ4v) is 2.70. The van der Waals surface area contributed by atoms with Crippen molar-refractivity contribution in [2.45, 2.75) is 32.6 Å².